The molecule has 0 aliphatic rings. The van der Waals surface area contributed by atoms with Crippen molar-refractivity contribution in [2.75, 3.05) is 24.4 Å². The molecule has 0 unspecified atom stereocenters. The smallest absolute Gasteiger partial charge is 0.212 e. The van der Waals surface area contributed by atoms with Gasteiger partial charge in [0.25, 0.3) is 0 Å². The predicted molar refractivity (Wildman–Crippen MR) is 54.4 cm³/mol. The molecule has 9 heavy (non-hydrogen) atoms. The molecule has 0 aromatic rings. The van der Waals surface area contributed by atoms with Crippen molar-refractivity contribution in [2.24, 2.45) is 0 Å². The van der Waals surface area contributed by atoms with E-state index < -0.39 is 4.55 Å². The van der Waals surface area contributed by atoms with Crippen LogP contribution in [0.4, 0.5) is 0 Å². The topological polar surface area (TPSA) is 17.1 Å². The maximum atomic E-state index is 11.0. The molecule has 0 N–H and O–H groups in total. The van der Waals surface area contributed by atoms with Crippen molar-refractivity contribution >= 4 is 46.4 Å². The van der Waals surface area contributed by atoms with Gasteiger partial charge in [-0.15, -0.1) is 0 Å². The second-order valence-electron chi connectivity index (χ2n) is 1.98. The van der Waals surface area contributed by atoms with Crippen molar-refractivity contribution in [1.82, 2.24) is 0 Å². The van der Waals surface area contributed by atoms with Gasteiger partial charge in [-0.05, 0) is 41.9 Å². The summed E-state index contributed by atoms with van der Waals surface area (Å²) in [6.07, 6.45) is 5.05. The Morgan fingerprint density at radius 2 is 1.89 bits per heavy atom. The molecule has 0 radical (unpaired) electrons. The lowest BCUT2D eigenvalue weighted by Crippen LogP contribution is -2.03. The molecule has 0 saturated carbocycles. The molecular weight excluding hydrogens is 287 g/mol. The number of hydrogen-bond donors (Lipinski definition) is 0. The fourth-order valence-electron chi connectivity index (χ4n) is 0.289. The quantitative estimate of drug-likeness (QED) is 0.578. The summed E-state index contributed by atoms with van der Waals surface area (Å²) in [4.78, 5) is 0. The van der Waals surface area contributed by atoms with Gasteiger partial charge in [0.1, 0.15) is 5.75 Å². The van der Waals surface area contributed by atoms with Gasteiger partial charge >= 0.3 is 0 Å². The highest BCUT2D eigenvalue weighted by Crippen LogP contribution is 2.61. The minimum atomic E-state index is -2.09. The zero-order valence-corrected chi connectivity index (χ0v) is 10.3. The van der Waals surface area contributed by atoms with Crippen LogP contribution in [0.2, 0.25) is 0 Å². The third kappa shape index (κ3) is 9.54. The van der Waals surface area contributed by atoms with Crippen molar-refractivity contribution < 1.29 is 4.57 Å². The number of hydrogen-bond acceptors (Lipinski definition) is 1. The van der Waals surface area contributed by atoms with Crippen molar-refractivity contribution in [2.45, 2.75) is 0 Å². The molecule has 1 nitrogen and oxygen atoms in total. The van der Waals surface area contributed by atoms with E-state index in [1.165, 1.54) is 0 Å². The van der Waals surface area contributed by atoms with Crippen molar-refractivity contribution in [1.29, 1.82) is 0 Å². The second kappa shape index (κ2) is 4.42. The van der Waals surface area contributed by atoms with E-state index in [0.717, 1.165) is 11.9 Å². The Morgan fingerprint density at radius 3 is 2.00 bits per heavy atom. The Morgan fingerprint density at radius 1 is 1.44 bits per heavy atom. The Labute approximate surface area is 75.2 Å². The molecule has 0 aliphatic carbocycles. The van der Waals surface area contributed by atoms with Crippen LogP contribution in [0.5, 0.6) is 0 Å². The van der Waals surface area contributed by atoms with Gasteiger partial charge in [-0.25, -0.2) is 0 Å². The first-order valence-electron chi connectivity index (χ1n) is 2.44. The van der Waals surface area contributed by atoms with Gasteiger partial charge in [0.15, 0.2) is 0 Å². The maximum absolute atomic E-state index is 11.0. The van der Waals surface area contributed by atoms with Gasteiger partial charge in [0, 0.05) is 0 Å². The van der Waals surface area contributed by atoms with E-state index in [1.807, 2.05) is 0 Å². The molecule has 0 saturated heterocycles. The van der Waals surface area contributed by atoms with Crippen molar-refractivity contribution in [3.8, 4) is 0 Å². The highest BCUT2D eigenvalue weighted by atomic mass is 79.9. The Hall–Kier alpha value is 1.54. The summed E-state index contributed by atoms with van der Waals surface area (Å²) in [5.41, 5.74) is 0. The van der Waals surface area contributed by atoms with Crippen LogP contribution in [-0.4, -0.2) is 24.4 Å². The Bertz CT molecular complexity index is 122. The third-order valence-electron chi connectivity index (χ3n) is 0.760. The first kappa shape index (κ1) is 10.5. The van der Waals surface area contributed by atoms with E-state index in [2.05, 4.69) is 43.5 Å². The lowest BCUT2D eigenvalue weighted by molar-refractivity contribution is 0.595. The summed E-state index contributed by atoms with van der Waals surface area (Å²) < 4.78 is 8.87. The van der Waals surface area contributed by atoms with Crippen LogP contribution in [0, 0.1) is 0 Å². The molecule has 0 aliphatic heterocycles. The van der Waals surface area contributed by atoms with Crippen LogP contribution in [0.1, 0.15) is 0 Å². The number of halogens is 2. The SMILES string of the molecule is C[S+](C)CCP(=O)(Br)Br. The summed E-state index contributed by atoms with van der Waals surface area (Å²) in [5, 5.41) is 0. The molecule has 0 spiro atoms. The standard InChI is InChI=1S/C4H10Br2OPS/c1-9(2)4-3-8(5,6)7/h3-4H2,1-2H3/q+1. The second-order valence-corrected chi connectivity index (χ2v) is 15.7. The van der Waals surface area contributed by atoms with Gasteiger partial charge in [-0.1, -0.05) is 0 Å². The first-order valence-corrected chi connectivity index (χ1v) is 10.6. The van der Waals surface area contributed by atoms with Crippen LogP contribution in [0.25, 0.3) is 0 Å². The summed E-state index contributed by atoms with van der Waals surface area (Å²) in [6, 6.07) is 0. The van der Waals surface area contributed by atoms with Gasteiger partial charge in [0.05, 0.1) is 18.7 Å². The van der Waals surface area contributed by atoms with Gasteiger partial charge in [-0.2, -0.15) is 0 Å². The highest BCUT2D eigenvalue weighted by molar-refractivity contribution is 9.70. The highest BCUT2D eigenvalue weighted by Gasteiger charge is 2.15. The molecule has 0 fully saturated rings. The summed E-state index contributed by atoms with van der Waals surface area (Å²) in [5.74, 6) is 1.04. The van der Waals surface area contributed by atoms with Crippen LogP contribution in [-0.2, 0) is 15.5 Å². The average molecular weight is 297 g/mol. The van der Waals surface area contributed by atoms with Crippen molar-refractivity contribution in [3.05, 3.63) is 0 Å². The molecule has 0 heterocycles. The zero-order valence-electron chi connectivity index (χ0n) is 5.43. The Balaban J connectivity index is 3.40. The lowest BCUT2D eigenvalue weighted by Gasteiger charge is -1.98. The minimum Gasteiger partial charge on any atom is -0.299 e. The van der Waals surface area contributed by atoms with Gasteiger partial charge in [0.2, 0.25) is 4.55 Å². The molecular formula is C4H10Br2OPS+. The molecule has 0 atom stereocenters. The van der Waals surface area contributed by atoms with Crippen LogP contribution in [0.3, 0.4) is 0 Å². The van der Waals surface area contributed by atoms with Crippen LogP contribution < -0.4 is 0 Å². The fraction of sp³-hybridized carbons (Fsp3) is 1.00. The molecule has 0 aromatic carbocycles. The monoisotopic (exact) mass is 295 g/mol. The van der Waals surface area contributed by atoms with Crippen LogP contribution in [0.15, 0.2) is 0 Å². The molecule has 0 amide bonds. The average Bonchev–Trinajstić information content (AvgIpc) is 1.59. The molecule has 0 aromatic heterocycles. The van der Waals surface area contributed by atoms with E-state index in [0.29, 0.717) is 10.9 Å². The van der Waals surface area contributed by atoms with E-state index in [1.54, 1.807) is 0 Å². The van der Waals surface area contributed by atoms with Gasteiger partial charge in [-0.3, -0.25) is 4.57 Å². The molecule has 56 valence electrons. The zero-order chi connectivity index (χ0) is 7.49. The summed E-state index contributed by atoms with van der Waals surface area (Å²) in [7, 11) is 0.406. The van der Waals surface area contributed by atoms with E-state index in [-0.39, 0.29) is 0 Å². The largest absolute Gasteiger partial charge is 0.299 e. The molecule has 0 rings (SSSR count). The number of rotatable bonds is 3. The maximum Gasteiger partial charge on any atom is 0.212 e. The first-order chi connectivity index (χ1) is 3.92. The van der Waals surface area contributed by atoms with Crippen molar-refractivity contribution in [3.63, 3.8) is 0 Å². The lowest BCUT2D eigenvalue weighted by atomic mass is 11.0. The van der Waals surface area contributed by atoms with E-state index in [4.69, 9.17) is 0 Å². The summed E-state index contributed by atoms with van der Waals surface area (Å²) in [6.45, 7) is 0. The predicted octanol–water partition coefficient (Wildman–Crippen LogP) is 2.85. The third-order valence-corrected chi connectivity index (χ3v) is 4.96. The minimum absolute atomic E-state index is 0.406. The molecule has 5 heteroatoms. The van der Waals surface area contributed by atoms with E-state index in [9.17, 15) is 4.57 Å². The van der Waals surface area contributed by atoms with E-state index >= 15 is 0 Å². The normalized spacial score (nSPS) is 12.6. The molecule has 0 bridgehead atoms. The summed E-state index contributed by atoms with van der Waals surface area (Å²) >= 11 is 6.17. The fourth-order valence-corrected chi connectivity index (χ4v) is 5.21. The van der Waals surface area contributed by atoms with Gasteiger partial charge < -0.3 is 0 Å². The Kier molecular flexibility index (Phi) is 5.18. The van der Waals surface area contributed by atoms with Crippen LogP contribution >= 0.6 is 35.5 Å².